The van der Waals surface area contributed by atoms with E-state index in [1.807, 2.05) is 0 Å². The van der Waals surface area contributed by atoms with Crippen LogP contribution in [0.4, 0.5) is 4.39 Å². The molecule has 2 rings (SSSR count). The molecule has 0 aliphatic heterocycles. The number of rotatable bonds is 4. The zero-order chi connectivity index (χ0) is 14.0. The molecule has 100 valence electrons. The highest BCUT2D eigenvalue weighted by atomic mass is 19.1. The normalized spacial score (nSPS) is 10.5. The first-order chi connectivity index (χ1) is 9.08. The van der Waals surface area contributed by atoms with E-state index < -0.39 is 11.8 Å². The number of carboxylic acid groups (broad SMARTS) is 1. The van der Waals surface area contributed by atoms with Crippen LogP contribution >= 0.6 is 0 Å². The molecule has 1 N–H and O–H groups in total. The number of aromatic nitrogens is 2. The Hall–Kier alpha value is -2.37. The second-order valence-corrected chi connectivity index (χ2v) is 3.88. The van der Waals surface area contributed by atoms with Gasteiger partial charge in [-0.25, -0.2) is 9.18 Å². The van der Waals surface area contributed by atoms with Crippen LogP contribution in [0.1, 0.15) is 17.4 Å². The first-order valence-electron chi connectivity index (χ1n) is 5.71. The van der Waals surface area contributed by atoms with Crippen molar-refractivity contribution in [2.24, 2.45) is 0 Å². The number of halogens is 1. The third kappa shape index (κ3) is 2.29. The van der Waals surface area contributed by atoms with Crippen molar-refractivity contribution in [1.29, 1.82) is 0 Å². The molecule has 0 atom stereocenters. The summed E-state index contributed by atoms with van der Waals surface area (Å²) in [6.07, 6.45) is 1.42. The summed E-state index contributed by atoms with van der Waals surface area (Å²) in [7, 11) is 1.37. The smallest absolute Gasteiger partial charge is 0.354 e. The Balaban J connectivity index is 2.56. The van der Waals surface area contributed by atoms with Crippen molar-refractivity contribution in [1.82, 2.24) is 9.78 Å². The molecular weight excluding hydrogens is 251 g/mol. The van der Waals surface area contributed by atoms with Gasteiger partial charge in [-0.2, -0.15) is 5.10 Å². The van der Waals surface area contributed by atoms with Gasteiger partial charge in [0.25, 0.3) is 0 Å². The molecule has 19 heavy (non-hydrogen) atoms. The number of ether oxygens (including phenoxy) is 1. The molecule has 0 radical (unpaired) electrons. The number of aryl methyl sites for hydroxylation is 1. The minimum absolute atomic E-state index is 0.0482. The first kappa shape index (κ1) is 13.1. The van der Waals surface area contributed by atoms with Crippen LogP contribution in [0.2, 0.25) is 0 Å². The van der Waals surface area contributed by atoms with Gasteiger partial charge < -0.3 is 9.84 Å². The first-order valence-corrected chi connectivity index (χ1v) is 5.71. The van der Waals surface area contributed by atoms with Crippen molar-refractivity contribution in [3.8, 4) is 16.9 Å². The van der Waals surface area contributed by atoms with Gasteiger partial charge in [0.15, 0.2) is 17.3 Å². The van der Waals surface area contributed by atoms with Gasteiger partial charge in [-0.15, -0.1) is 0 Å². The van der Waals surface area contributed by atoms with E-state index in [0.29, 0.717) is 17.7 Å². The number of aromatic carboxylic acids is 1. The molecule has 0 aliphatic rings. The minimum atomic E-state index is -1.09. The molecule has 0 amide bonds. The van der Waals surface area contributed by atoms with Gasteiger partial charge in [0.2, 0.25) is 0 Å². The fourth-order valence-corrected chi connectivity index (χ4v) is 1.90. The number of methoxy groups -OCH3 is 1. The van der Waals surface area contributed by atoms with Gasteiger partial charge in [0.05, 0.1) is 13.3 Å². The highest BCUT2D eigenvalue weighted by Crippen LogP contribution is 2.28. The standard InChI is InChI=1S/C13H13FN2O3/c1-3-16-12(13(17)18)9(7-15-16)8-4-5-11(19-2)10(14)6-8/h4-7H,3H2,1-2H3,(H,17,18). The van der Waals surface area contributed by atoms with Crippen molar-refractivity contribution in [2.75, 3.05) is 7.11 Å². The topological polar surface area (TPSA) is 64.4 Å². The van der Waals surface area contributed by atoms with E-state index in [-0.39, 0.29) is 11.4 Å². The van der Waals surface area contributed by atoms with Gasteiger partial charge in [0.1, 0.15) is 0 Å². The molecule has 0 fully saturated rings. The lowest BCUT2D eigenvalue weighted by molar-refractivity contribution is 0.0684. The van der Waals surface area contributed by atoms with Crippen LogP contribution < -0.4 is 4.74 Å². The summed E-state index contributed by atoms with van der Waals surface area (Å²) in [5.74, 6) is -1.52. The summed E-state index contributed by atoms with van der Waals surface area (Å²) >= 11 is 0. The summed E-state index contributed by atoms with van der Waals surface area (Å²) in [5.41, 5.74) is 0.887. The summed E-state index contributed by atoms with van der Waals surface area (Å²) < 4.78 is 19.8. The molecule has 1 aromatic heterocycles. The van der Waals surface area contributed by atoms with Crippen LogP contribution in [0.15, 0.2) is 24.4 Å². The van der Waals surface area contributed by atoms with Crippen LogP contribution in [-0.4, -0.2) is 28.0 Å². The van der Waals surface area contributed by atoms with E-state index in [0.717, 1.165) is 0 Å². The van der Waals surface area contributed by atoms with Gasteiger partial charge in [-0.3, -0.25) is 4.68 Å². The van der Waals surface area contributed by atoms with Gasteiger partial charge in [-0.05, 0) is 24.6 Å². The maximum atomic E-state index is 13.7. The number of carbonyl (C=O) groups is 1. The van der Waals surface area contributed by atoms with Crippen molar-refractivity contribution in [2.45, 2.75) is 13.5 Å². The van der Waals surface area contributed by atoms with Gasteiger partial charge in [-0.1, -0.05) is 6.07 Å². The molecule has 0 aliphatic carbocycles. The maximum absolute atomic E-state index is 13.7. The summed E-state index contributed by atoms with van der Waals surface area (Å²) in [6, 6.07) is 4.30. The molecule has 0 saturated carbocycles. The molecule has 1 aromatic carbocycles. The lowest BCUT2D eigenvalue weighted by Gasteiger charge is -2.06. The van der Waals surface area contributed by atoms with Crippen molar-refractivity contribution < 1.29 is 19.0 Å². The summed E-state index contributed by atoms with van der Waals surface area (Å²) in [4.78, 5) is 11.3. The van der Waals surface area contributed by atoms with E-state index in [9.17, 15) is 14.3 Å². The molecule has 6 heteroatoms. The Morgan fingerprint density at radius 2 is 2.26 bits per heavy atom. The molecular formula is C13H13FN2O3. The lowest BCUT2D eigenvalue weighted by Crippen LogP contribution is -2.09. The third-order valence-electron chi connectivity index (χ3n) is 2.80. The molecule has 1 heterocycles. The molecule has 0 bridgehead atoms. The zero-order valence-corrected chi connectivity index (χ0v) is 10.6. The highest BCUT2D eigenvalue weighted by molar-refractivity contribution is 5.94. The van der Waals surface area contributed by atoms with Gasteiger partial charge in [0, 0.05) is 12.1 Å². The maximum Gasteiger partial charge on any atom is 0.354 e. The Morgan fingerprint density at radius 1 is 1.53 bits per heavy atom. The number of carboxylic acids is 1. The van der Waals surface area contributed by atoms with Crippen LogP contribution in [-0.2, 0) is 6.54 Å². The number of nitrogens with zero attached hydrogens (tertiary/aromatic N) is 2. The predicted octanol–water partition coefficient (Wildman–Crippen LogP) is 2.42. The number of hydrogen-bond donors (Lipinski definition) is 1. The van der Waals surface area contributed by atoms with Crippen molar-refractivity contribution >= 4 is 5.97 Å². The summed E-state index contributed by atoms with van der Waals surface area (Å²) in [6.45, 7) is 2.22. The second kappa shape index (κ2) is 5.09. The van der Waals surface area contributed by atoms with E-state index >= 15 is 0 Å². The van der Waals surface area contributed by atoms with E-state index in [2.05, 4.69) is 5.10 Å². The van der Waals surface area contributed by atoms with Gasteiger partial charge >= 0.3 is 5.97 Å². The fraction of sp³-hybridized carbons (Fsp3) is 0.231. The Labute approximate surface area is 109 Å². The van der Waals surface area contributed by atoms with Crippen molar-refractivity contribution in [3.05, 3.63) is 35.9 Å². The third-order valence-corrected chi connectivity index (χ3v) is 2.80. The molecule has 0 spiro atoms. The monoisotopic (exact) mass is 264 g/mol. The Kier molecular flexibility index (Phi) is 3.50. The molecule has 2 aromatic rings. The van der Waals surface area contributed by atoms with E-state index in [4.69, 9.17) is 4.74 Å². The molecule has 5 nitrogen and oxygen atoms in total. The number of benzene rings is 1. The van der Waals surface area contributed by atoms with E-state index in [1.165, 1.54) is 30.1 Å². The summed E-state index contributed by atoms with van der Waals surface area (Å²) in [5, 5.41) is 13.2. The Bertz CT molecular complexity index is 622. The van der Waals surface area contributed by atoms with Crippen LogP contribution in [0.5, 0.6) is 5.75 Å². The highest BCUT2D eigenvalue weighted by Gasteiger charge is 2.19. The van der Waals surface area contributed by atoms with Crippen molar-refractivity contribution in [3.63, 3.8) is 0 Å². The van der Waals surface area contributed by atoms with Crippen LogP contribution in [0.25, 0.3) is 11.1 Å². The minimum Gasteiger partial charge on any atom is -0.494 e. The molecule has 0 saturated heterocycles. The van der Waals surface area contributed by atoms with Crippen LogP contribution in [0.3, 0.4) is 0 Å². The zero-order valence-electron chi connectivity index (χ0n) is 10.6. The average Bonchev–Trinajstić information content (AvgIpc) is 2.82. The fourth-order valence-electron chi connectivity index (χ4n) is 1.90. The quantitative estimate of drug-likeness (QED) is 0.921. The number of hydrogen-bond acceptors (Lipinski definition) is 3. The average molecular weight is 264 g/mol. The molecule has 0 unspecified atom stereocenters. The largest absolute Gasteiger partial charge is 0.494 e. The lowest BCUT2D eigenvalue weighted by atomic mass is 10.1. The Morgan fingerprint density at radius 3 is 2.79 bits per heavy atom. The van der Waals surface area contributed by atoms with Crippen LogP contribution in [0, 0.1) is 5.82 Å². The predicted molar refractivity (Wildman–Crippen MR) is 66.8 cm³/mol. The SMILES string of the molecule is CCn1ncc(-c2ccc(OC)c(F)c2)c1C(=O)O. The van der Waals surface area contributed by atoms with E-state index in [1.54, 1.807) is 13.0 Å². The second-order valence-electron chi connectivity index (χ2n) is 3.88.